The minimum absolute atomic E-state index is 0.0274. The largest absolute Gasteiger partial charge is 0.474 e. The average molecular weight is 410 g/mol. The summed E-state index contributed by atoms with van der Waals surface area (Å²) in [7, 11) is 1.75. The third-order valence-corrected chi connectivity index (χ3v) is 5.19. The predicted molar refractivity (Wildman–Crippen MR) is 119 cm³/mol. The van der Waals surface area contributed by atoms with Gasteiger partial charge in [0.25, 0.3) is 0 Å². The maximum Gasteiger partial charge on any atom is 0.222 e. The number of carbonyl (C=O) groups excluding carboxylic acids is 1. The molecule has 1 aromatic heterocycles. The van der Waals surface area contributed by atoms with Gasteiger partial charge in [0.15, 0.2) is 0 Å². The first-order chi connectivity index (χ1) is 14.5. The standard InChI is InChI=1S/C24H31N3O3/c1-17(27-18(2)28)16-29-22-9-11-23(12-10-22)30-24-21(14-25-3)13-20(15-26-24)19-7-5-4-6-8-19/h4-8,13-15,17,22-23H,9-12,16H2,1-3H3,(H,27,28)/b25-14+/t17-,22-,23-/m0/s1. The number of aromatic nitrogens is 1. The number of rotatable bonds is 8. The van der Waals surface area contributed by atoms with E-state index < -0.39 is 0 Å². The maximum atomic E-state index is 11.1. The van der Waals surface area contributed by atoms with Crippen LogP contribution < -0.4 is 10.1 Å². The minimum Gasteiger partial charge on any atom is -0.474 e. The van der Waals surface area contributed by atoms with Crippen molar-refractivity contribution in [1.82, 2.24) is 10.3 Å². The summed E-state index contributed by atoms with van der Waals surface area (Å²) in [6.07, 6.45) is 7.72. The minimum atomic E-state index is -0.0274. The normalized spacial score (nSPS) is 20.1. The summed E-state index contributed by atoms with van der Waals surface area (Å²) in [6, 6.07) is 12.3. The van der Waals surface area contributed by atoms with Gasteiger partial charge in [0.2, 0.25) is 11.8 Å². The van der Waals surface area contributed by atoms with Crippen LogP contribution in [0.5, 0.6) is 5.88 Å². The van der Waals surface area contributed by atoms with Crippen LogP contribution in [0.4, 0.5) is 0 Å². The molecule has 1 aliphatic carbocycles. The maximum absolute atomic E-state index is 11.1. The van der Waals surface area contributed by atoms with Crippen molar-refractivity contribution in [2.45, 2.75) is 57.8 Å². The van der Waals surface area contributed by atoms with Gasteiger partial charge in [-0.1, -0.05) is 30.3 Å². The first-order valence-corrected chi connectivity index (χ1v) is 10.6. The van der Waals surface area contributed by atoms with Gasteiger partial charge in [-0.25, -0.2) is 4.98 Å². The molecule has 3 rings (SSSR count). The summed E-state index contributed by atoms with van der Waals surface area (Å²) in [4.78, 5) is 19.9. The molecule has 0 aliphatic heterocycles. The van der Waals surface area contributed by atoms with Crippen molar-refractivity contribution in [3.8, 4) is 17.0 Å². The highest BCUT2D eigenvalue weighted by molar-refractivity contribution is 5.85. The van der Waals surface area contributed by atoms with E-state index in [0.717, 1.165) is 42.4 Å². The van der Waals surface area contributed by atoms with E-state index in [2.05, 4.69) is 33.5 Å². The number of hydrogen-bond donors (Lipinski definition) is 1. The van der Waals surface area contributed by atoms with Gasteiger partial charge in [-0.3, -0.25) is 9.79 Å². The van der Waals surface area contributed by atoms with E-state index in [1.165, 1.54) is 6.92 Å². The van der Waals surface area contributed by atoms with Gasteiger partial charge in [-0.15, -0.1) is 0 Å². The quantitative estimate of drug-likeness (QED) is 0.668. The average Bonchev–Trinajstić information content (AvgIpc) is 2.75. The highest BCUT2D eigenvalue weighted by Gasteiger charge is 2.24. The molecular weight excluding hydrogens is 378 g/mol. The molecule has 1 saturated carbocycles. The fourth-order valence-electron chi connectivity index (χ4n) is 3.73. The van der Waals surface area contributed by atoms with E-state index in [4.69, 9.17) is 9.47 Å². The highest BCUT2D eigenvalue weighted by atomic mass is 16.5. The number of pyridine rings is 1. The van der Waals surface area contributed by atoms with Crippen molar-refractivity contribution >= 4 is 12.1 Å². The third kappa shape index (κ3) is 6.39. The number of amides is 1. The Morgan fingerprint density at radius 2 is 1.90 bits per heavy atom. The second-order valence-corrected chi connectivity index (χ2v) is 7.82. The van der Waals surface area contributed by atoms with Crippen molar-refractivity contribution in [3.63, 3.8) is 0 Å². The van der Waals surface area contributed by atoms with Gasteiger partial charge in [-0.05, 0) is 44.2 Å². The number of aliphatic imine (C=N–C) groups is 1. The molecule has 1 aromatic carbocycles. The van der Waals surface area contributed by atoms with Crippen LogP contribution in [0.3, 0.4) is 0 Å². The Balaban J connectivity index is 1.56. The zero-order chi connectivity index (χ0) is 21.3. The van der Waals surface area contributed by atoms with E-state index in [0.29, 0.717) is 12.5 Å². The van der Waals surface area contributed by atoms with Gasteiger partial charge >= 0.3 is 0 Å². The monoisotopic (exact) mass is 409 g/mol. The molecule has 0 unspecified atom stereocenters. The van der Waals surface area contributed by atoms with Crippen molar-refractivity contribution < 1.29 is 14.3 Å². The number of nitrogens with one attached hydrogen (secondary N) is 1. The lowest BCUT2D eigenvalue weighted by Crippen LogP contribution is -2.37. The molecule has 1 N–H and O–H groups in total. The van der Waals surface area contributed by atoms with Crippen LogP contribution in [0.2, 0.25) is 0 Å². The Bertz CT molecular complexity index is 846. The van der Waals surface area contributed by atoms with Crippen LogP contribution in [0.1, 0.15) is 45.1 Å². The number of ether oxygens (including phenoxy) is 2. The number of nitrogens with zero attached hydrogens (tertiary/aromatic N) is 2. The topological polar surface area (TPSA) is 72.8 Å². The van der Waals surface area contributed by atoms with E-state index in [1.54, 1.807) is 13.3 Å². The van der Waals surface area contributed by atoms with Gasteiger partial charge < -0.3 is 14.8 Å². The van der Waals surface area contributed by atoms with Crippen molar-refractivity contribution in [2.75, 3.05) is 13.7 Å². The summed E-state index contributed by atoms with van der Waals surface area (Å²) < 4.78 is 12.2. The Morgan fingerprint density at radius 1 is 1.20 bits per heavy atom. The fraction of sp³-hybridized carbons (Fsp3) is 0.458. The summed E-state index contributed by atoms with van der Waals surface area (Å²) in [5.41, 5.74) is 3.05. The number of hydrogen-bond acceptors (Lipinski definition) is 5. The molecular formula is C24H31N3O3. The second kappa shape index (κ2) is 10.9. The van der Waals surface area contributed by atoms with Crippen LogP contribution in [0, 0.1) is 0 Å². The number of benzene rings is 1. The molecule has 1 atom stereocenters. The van der Waals surface area contributed by atoms with Crippen LogP contribution >= 0.6 is 0 Å². The molecule has 1 amide bonds. The van der Waals surface area contributed by atoms with Crippen molar-refractivity contribution in [3.05, 3.63) is 48.2 Å². The van der Waals surface area contributed by atoms with E-state index in [9.17, 15) is 4.79 Å². The van der Waals surface area contributed by atoms with Gasteiger partial charge in [0.05, 0.1) is 18.3 Å². The lowest BCUT2D eigenvalue weighted by atomic mass is 9.95. The molecule has 1 fully saturated rings. The van der Waals surface area contributed by atoms with Gasteiger partial charge in [0, 0.05) is 38.0 Å². The molecule has 0 radical (unpaired) electrons. The van der Waals surface area contributed by atoms with Gasteiger partial charge in [-0.2, -0.15) is 0 Å². The molecule has 6 nitrogen and oxygen atoms in total. The summed E-state index contributed by atoms with van der Waals surface area (Å²) >= 11 is 0. The van der Waals surface area contributed by atoms with Gasteiger partial charge in [0.1, 0.15) is 6.10 Å². The summed E-state index contributed by atoms with van der Waals surface area (Å²) in [6.45, 7) is 4.02. The molecule has 1 aliphatic rings. The van der Waals surface area contributed by atoms with Crippen molar-refractivity contribution in [1.29, 1.82) is 0 Å². The Morgan fingerprint density at radius 3 is 2.57 bits per heavy atom. The Kier molecular flexibility index (Phi) is 7.97. The smallest absolute Gasteiger partial charge is 0.222 e. The highest BCUT2D eigenvalue weighted by Crippen LogP contribution is 2.28. The molecule has 0 saturated heterocycles. The predicted octanol–water partition coefficient (Wildman–Crippen LogP) is 4.03. The zero-order valence-electron chi connectivity index (χ0n) is 18.0. The summed E-state index contributed by atoms with van der Waals surface area (Å²) in [5, 5.41) is 2.85. The first-order valence-electron chi connectivity index (χ1n) is 10.6. The molecule has 30 heavy (non-hydrogen) atoms. The summed E-state index contributed by atoms with van der Waals surface area (Å²) in [5.74, 6) is 0.601. The van der Waals surface area contributed by atoms with E-state index >= 15 is 0 Å². The fourth-order valence-corrected chi connectivity index (χ4v) is 3.73. The van der Waals surface area contributed by atoms with Crippen LogP contribution in [0.15, 0.2) is 47.6 Å². The molecule has 1 heterocycles. The Hall–Kier alpha value is -2.73. The lowest BCUT2D eigenvalue weighted by Gasteiger charge is -2.29. The van der Waals surface area contributed by atoms with Crippen LogP contribution in [-0.2, 0) is 9.53 Å². The zero-order valence-corrected chi connectivity index (χ0v) is 18.0. The Labute approximate surface area is 178 Å². The lowest BCUT2D eigenvalue weighted by molar-refractivity contribution is -0.120. The van der Waals surface area contributed by atoms with Crippen LogP contribution in [-0.4, -0.2) is 49.0 Å². The molecule has 6 heteroatoms. The molecule has 0 spiro atoms. The van der Waals surface area contributed by atoms with Crippen molar-refractivity contribution in [2.24, 2.45) is 4.99 Å². The molecule has 160 valence electrons. The third-order valence-electron chi connectivity index (χ3n) is 5.19. The molecule has 2 aromatic rings. The number of carbonyl (C=O) groups is 1. The SMILES string of the molecule is C/N=C/c1cc(-c2ccccc2)cnc1O[C@H]1CC[C@H](OC[C@H](C)NC(C)=O)CC1. The van der Waals surface area contributed by atoms with E-state index in [1.807, 2.05) is 31.3 Å². The van der Waals surface area contributed by atoms with E-state index in [-0.39, 0.29) is 24.2 Å². The van der Waals surface area contributed by atoms with Crippen LogP contribution in [0.25, 0.3) is 11.1 Å². The molecule has 0 bridgehead atoms. The second-order valence-electron chi connectivity index (χ2n) is 7.82. The first kappa shape index (κ1) is 22.0.